The lowest BCUT2D eigenvalue weighted by Gasteiger charge is -2.40. The Morgan fingerprint density at radius 1 is 0.770 bits per heavy atom. The Bertz CT molecular complexity index is 3420. The third-order valence-corrected chi connectivity index (χ3v) is 23.3. The van der Waals surface area contributed by atoms with E-state index in [4.69, 9.17) is 0 Å². The predicted molar refractivity (Wildman–Crippen MR) is 378 cm³/mol. The van der Waals surface area contributed by atoms with Gasteiger partial charge in [0.05, 0.1) is 6.04 Å². The summed E-state index contributed by atoms with van der Waals surface area (Å²) >= 11 is 0. The summed E-state index contributed by atoms with van der Waals surface area (Å²) in [4.78, 5) is 5.49. The summed E-state index contributed by atoms with van der Waals surface area (Å²) in [5.74, 6) is 4.97. The molecular weight excluding hydrogens is 1050 g/mol. The van der Waals surface area contributed by atoms with Crippen LogP contribution in [0.1, 0.15) is 244 Å². The largest absolute Gasteiger partial charge is 0.362 e. The van der Waals surface area contributed by atoms with Gasteiger partial charge in [-0.05, 0) is 263 Å². The van der Waals surface area contributed by atoms with Gasteiger partial charge in [-0.25, -0.2) is 0 Å². The smallest absolute Gasteiger partial charge is 0.0519 e. The van der Waals surface area contributed by atoms with Crippen LogP contribution in [-0.2, 0) is 6.42 Å². The number of hydrogen-bond acceptors (Lipinski definition) is 2. The van der Waals surface area contributed by atoms with Gasteiger partial charge in [-0.1, -0.05) is 207 Å². The predicted octanol–water partition coefficient (Wildman–Crippen LogP) is 22.1. The van der Waals surface area contributed by atoms with E-state index in [2.05, 4.69) is 244 Å². The molecule has 2 heteroatoms. The maximum Gasteiger partial charge on any atom is 0.0519 e. The molecule has 0 saturated heterocycles. The highest BCUT2D eigenvalue weighted by molar-refractivity contribution is 5.73. The van der Waals surface area contributed by atoms with E-state index < -0.39 is 0 Å². The van der Waals surface area contributed by atoms with Crippen molar-refractivity contribution in [3.63, 3.8) is 0 Å². The molecule has 0 aliphatic heterocycles. The van der Waals surface area contributed by atoms with Crippen molar-refractivity contribution in [1.82, 2.24) is 4.90 Å². The molecule has 9 aliphatic carbocycles. The number of anilines is 1. The highest BCUT2D eigenvalue weighted by Crippen LogP contribution is 2.63. The molecule has 0 aromatic heterocycles. The summed E-state index contributed by atoms with van der Waals surface area (Å²) in [5, 5.41) is 3.00. The van der Waals surface area contributed by atoms with Gasteiger partial charge in [-0.15, -0.1) is 0 Å². The van der Waals surface area contributed by atoms with E-state index in [0.29, 0.717) is 29.1 Å². The minimum atomic E-state index is 0.00404. The maximum atomic E-state index is 4.36. The molecule has 0 heterocycles. The van der Waals surface area contributed by atoms with E-state index in [9.17, 15) is 0 Å². The lowest BCUT2D eigenvalue weighted by Crippen LogP contribution is -2.46. The third-order valence-electron chi connectivity index (χ3n) is 23.3. The molecule has 460 valence electrons. The van der Waals surface area contributed by atoms with Crippen molar-refractivity contribution < 1.29 is 0 Å². The summed E-state index contributed by atoms with van der Waals surface area (Å²) < 4.78 is 0. The van der Waals surface area contributed by atoms with Crippen LogP contribution >= 0.6 is 0 Å². The summed E-state index contributed by atoms with van der Waals surface area (Å²) in [6, 6.07) is 10.5. The fourth-order valence-electron chi connectivity index (χ4n) is 18.8. The molecule has 2 fully saturated rings. The Hall–Kier alpha value is -5.86. The molecule has 87 heavy (non-hydrogen) atoms. The quantitative estimate of drug-likeness (QED) is 0.115. The second kappa shape index (κ2) is 27.5. The Kier molecular flexibility index (Phi) is 19.8. The van der Waals surface area contributed by atoms with Crippen LogP contribution in [0.2, 0.25) is 0 Å². The van der Waals surface area contributed by atoms with Crippen molar-refractivity contribution in [3.05, 3.63) is 223 Å². The molecule has 2 aromatic rings. The van der Waals surface area contributed by atoms with Gasteiger partial charge in [-0.3, -0.25) is 0 Å². The SMILES string of the molecule is C=CC1=C(/C=C(\C)C(/C=C\C(C)N(/C(=C/C)CCCC)C2C=c3c(C4C=CCCC4)c(CC)c(/C=C(\C)N(C4=CC=CCC4)c4ccc(C5CCC6C7C=CCCC7C(C)(C)C6C5)cc4)c(C4C=CC=CC4)c3=CC2)CCC)C(C)(C)C2=C1C=CCC2. The molecule has 9 aliphatic rings. The number of hydrogen-bond donors (Lipinski definition) is 0. The minimum Gasteiger partial charge on any atom is -0.362 e. The summed E-state index contributed by atoms with van der Waals surface area (Å²) in [7, 11) is 0. The molecule has 0 amide bonds. The topological polar surface area (TPSA) is 6.48 Å². The molecule has 2 nitrogen and oxygen atoms in total. The summed E-state index contributed by atoms with van der Waals surface area (Å²) in [6.45, 7) is 31.3. The first-order chi connectivity index (χ1) is 42.2. The zero-order valence-corrected chi connectivity index (χ0v) is 56.0. The Balaban J connectivity index is 0.988. The van der Waals surface area contributed by atoms with E-state index >= 15 is 0 Å². The van der Waals surface area contributed by atoms with Crippen molar-refractivity contribution in [2.75, 3.05) is 4.90 Å². The minimum absolute atomic E-state index is 0.00404. The number of unbranched alkanes of at least 4 members (excludes halogenated alkanes) is 1. The Morgan fingerprint density at radius 2 is 1.59 bits per heavy atom. The van der Waals surface area contributed by atoms with E-state index in [1.54, 1.807) is 22.3 Å². The third kappa shape index (κ3) is 12.5. The lowest BCUT2D eigenvalue weighted by atomic mass is 9.65. The molecule has 10 unspecified atom stereocenters. The summed E-state index contributed by atoms with van der Waals surface area (Å²) in [5.41, 5.74) is 20.8. The van der Waals surface area contributed by atoms with Gasteiger partial charge in [0.1, 0.15) is 0 Å². The van der Waals surface area contributed by atoms with Crippen molar-refractivity contribution in [2.24, 2.45) is 40.4 Å². The van der Waals surface area contributed by atoms with E-state index in [1.807, 2.05) is 0 Å². The van der Waals surface area contributed by atoms with Gasteiger partial charge in [0.25, 0.3) is 0 Å². The number of fused-ring (bicyclic) bond motifs is 4. The highest BCUT2D eigenvalue weighted by Gasteiger charge is 2.55. The number of benzene rings is 2. The van der Waals surface area contributed by atoms with Gasteiger partial charge in [0.2, 0.25) is 0 Å². The van der Waals surface area contributed by atoms with Crippen molar-refractivity contribution in [3.8, 4) is 0 Å². The lowest BCUT2D eigenvalue weighted by molar-refractivity contribution is 0.121. The van der Waals surface area contributed by atoms with Crippen LogP contribution in [-0.4, -0.2) is 17.0 Å². The average molecular weight is 1160 g/mol. The van der Waals surface area contributed by atoms with Crippen LogP contribution in [0, 0.1) is 40.4 Å². The van der Waals surface area contributed by atoms with Gasteiger partial charge in [-0.2, -0.15) is 0 Å². The van der Waals surface area contributed by atoms with Gasteiger partial charge >= 0.3 is 0 Å². The summed E-state index contributed by atoms with van der Waals surface area (Å²) in [6.07, 6.45) is 75.5. The first kappa shape index (κ1) is 62.7. The van der Waals surface area contributed by atoms with Crippen LogP contribution in [0.25, 0.3) is 18.2 Å². The molecule has 2 saturated carbocycles. The van der Waals surface area contributed by atoms with Crippen molar-refractivity contribution in [1.29, 1.82) is 0 Å². The molecule has 0 bridgehead atoms. The second-order valence-corrected chi connectivity index (χ2v) is 29.0. The number of nitrogens with zero attached hydrogens (tertiary/aromatic N) is 2. The fourth-order valence-corrected chi connectivity index (χ4v) is 18.8. The van der Waals surface area contributed by atoms with Crippen LogP contribution in [0.4, 0.5) is 5.69 Å². The second-order valence-electron chi connectivity index (χ2n) is 29.0. The van der Waals surface area contributed by atoms with E-state index in [-0.39, 0.29) is 17.5 Å². The van der Waals surface area contributed by atoms with Gasteiger partial charge < -0.3 is 9.80 Å². The molecule has 0 N–H and O–H groups in total. The zero-order chi connectivity index (χ0) is 61.0. The number of allylic oxidation sites excluding steroid dienone is 25. The molecule has 0 spiro atoms. The van der Waals surface area contributed by atoms with Crippen molar-refractivity contribution >= 4 is 23.9 Å². The van der Waals surface area contributed by atoms with Crippen LogP contribution in [0.3, 0.4) is 0 Å². The molecular formula is C85H110N2. The van der Waals surface area contributed by atoms with E-state index in [1.165, 1.54) is 131 Å². The highest BCUT2D eigenvalue weighted by atomic mass is 15.2. The van der Waals surface area contributed by atoms with Gasteiger partial charge in [0, 0.05) is 46.1 Å². The molecule has 0 radical (unpaired) electrons. The Morgan fingerprint density at radius 3 is 2.30 bits per heavy atom. The van der Waals surface area contributed by atoms with Crippen LogP contribution < -0.4 is 15.3 Å². The average Bonchev–Trinajstić information content (AvgIpc) is 1.75. The first-order valence-electron chi connectivity index (χ1n) is 35.3. The molecule has 11 rings (SSSR count). The fraction of sp³-hybridized carbons (Fsp3) is 0.506. The standard InChI is InChI=1S/C85H110N2/c1-13-18-37-66(15-3)86(59(7)44-45-61(32-14-2)58(6)54-80-70(16-4)72-40-28-30-42-78(72)84(80,9)10)69-51-53-75-77(57-69)82(63-33-22-19-23-34-63)71(17-5)76(83(75)64-35-24-20-25-36-64)55-60(8)87(67-38-26-21-27-39-67)68-49-46-62(47-50-68)65-48-52-74-73-41-29-31-43-79(73)85(11,12)81(74)56-65/h15-16,20-22,24-26,28-29,33,35,38,40-41,44-47,49-50,53-55,57,59,61,63-65,69,73-74,79,81H,4,13-14,17-19,23,27,30-32,34,36-37,39,42-43,48,51-52,56H2,1-3,5-12H3/b45-44-,58-54+,60-55+,66-15+. The monoisotopic (exact) mass is 1160 g/mol. The normalized spacial score (nSPS) is 28.0. The van der Waals surface area contributed by atoms with Crippen LogP contribution in [0.15, 0.2) is 185 Å². The van der Waals surface area contributed by atoms with Crippen LogP contribution in [0.5, 0.6) is 0 Å². The zero-order valence-electron chi connectivity index (χ0n) is 56.0. The Labute approximate surface area is 529 Å². The first-order valence-corrected chi connectivity index (χ1v) is 35.3. The maximum absolute atomic E-state index is 4.36. The molecule has 10 atom stereocenters. The number of rotatable bonds is 21. The molecule has 2 aromatic carbocycles. The van der Waals surface area contributed by atoms with Crippen molar-refractivity contribution in [2.45, 2.75) is 234 Å². The van der Waals surface area contributed by atoms with E-state index in [0.717, 1.165) is 87.9 Å². The van der Waals surface area contributed by atoms with Gasteiger partial charge in [0.15, 0.2) is 0 Å².